The van der Waals surface area contributed by atoms with Crippen LogP contribution in [0.3, 0.4) is 0 Å². The van der Waals surface area contributed by atoms with E-state index >= 15 is 0 Å². The first-order chi connectivity index (χ1) is 18.2. The monoisotopic (exact) mass is 592 g/mol. The molecule has 0 saturated heterocycles. The van der Waals surface area contributed by atoms with Crippen LogP contribution in [0.5, 0.6) is 11.5 Å². The Morgan fingerprint density at radius 1 is 0.974 bits per heavy atom. The lowest BCUT2D eigenvalue weighted by Crippen LogP contribution is -2.11. The SMILES string of the molecule is CCOc1ccc(-n2c(C)nnc2S[C@H](C[N+](=O)[O-])c2ccc(OCc3ccc(Cl)c(Cl)c3)c(Cl)c2)cc1. The number of hydrogen-bond donors (Lipinski definition) is 0. The van der Waals surface area contributed by atoms with Gasteiger partial charge in [-0.2, -0.15) is 0 Å². The van der Waals surface area contributed by atoms with Gasteiger partial charge in [-0.1, -0.05) is 58.7 Å². The van der Waals surface area contributed by atoms with E-state index in [1.54, 1.807) is 30.3 Å². The summed E-state index contributed by atoms with van der Waals surface area (Å²) in [4.78, 5) is 11.2. The zero-order valence-corrected chi connectivity index (χ0v) is 23.5. The van der Waals surface area contributed by atoms with Crippen molar-refractivity contribution in [3.63, 3.8) is 0 Å². The fourth-order valence-corrected chi connectivity index (χ4v) is 5.40. The number of ether oxygens (including phenoxy) is 2. The van der Waals surface area contributed by atoms with E-state index in [0.717, 1.165) is 17.0 Å². The summed E-state index contributed by atoms with van der Waals surface area (Å²) >= 11 is 19.8. The van der Waals surface area contributed by atoms with Crippen LogP contribution < -0.4 is 9.47 Å². The number of aryl methyl sites for hydroxylation is 1. The van der Waals surface area contributed by atoms with Crippen LogP contribution in [0, 0.1) is 17.0 Å². The van der Waals surface area contributed by atoms with Crippen LogP contribution in [0.25, 0.3) is 5.69 Å². The Balaban J connectivity index is 1.55. The van der Waals surface area contributed by atoms with Gasteiger partial charge in [0.25, 0.3) is 0 Å². The molecule has 1 aromatic heterocycles. The quantitative estimate of drug-likeness (QED) is 0.100. The maximum atomic E-state index is 11.6. The molecule has 0 radical (unpaired) electrons. The lowest BCUT2D eigenvalue weighted by atomic mass is 10.1. The third-order valence-electron chi connectivity index (χ3n) is 5.47. The van der Waals surface area contributed by atoms with Gasteiger partial charge in [0.15, 0.2) is 5.16 Å². The minimum atomic E-state index is -0.573. The lowest BCUT2D eigenvalue weighted by Gasteiger charge is -2.16. The summed E-state index contributed by atoms with van der Waals surface area (Å²) in [5.41, 5.74) is 2.31. The highest BCUT2D eigenvalue weighted by Gasteiger charge is 2.24. The smallest absolute Gasteiger partial charge is 0.220 e. The summed E-state index contributed by atoms with van der Waals surface area (Å²) in [5.74, 6) is 1.85. The summed E-state index contributed by atoms with van der Waals surface area (Å²) in [5, 5.41) is 21.2. The van der Waals surface area contributed by atoms with Crippen molar-refractivity contribution in [3.8, 4) is 17.2 Å². The number of hydrogen-bond acceptors (Lipinski definition) is 7. The van der Waals surface area contributed by atoms with Crippen LogP contribution in [-0.4, -0.2) is 32.8 Å². The summed E-state index contributed by atoms with van der Waals surface area (Å²) in [7, 11) is 0. The van der Waals surface area contributed by atoms with Gasteiger partial charge in [0, 0.05) is 10.6 Å². The number of nitrogens with zero attached hydrogens (tertiary/aromatic N) is 4. The number of benzene rings is 3. The van der Waals surface area contributed by atoms with Crippen molar-refractivity contribution in [3.05, 3.63) is 103 Å². The van der Waals surface area contributed by atoms with E-state index < -0.39 is 5.25 Å². The van der Waals surface area contributed by atoms with Gasteiger partial charge in [-0.25, -0.2) is 0 Å². The van der Waals surface area contributed by atoms with Gasteiger partial charge in [-0.3, -0.25) is 14.7 Å². The minimum absolute atomic E-state index is 0.230. The van der Waals surface area contributed by atoms with Gasteiger partial charge in [0.05, 0.1) is 21.7 Å². The first-order valence-corrected chi connectivity index (χ1v) is 13.6. The van der Waals surface area contributed by atoms with Crippen LogP contribution in [0.1, 0.15) is 29.1 Å². The summed E-state index contributed by atoms with van der Waals surface area (Å²) < 4.78 is 13.2. The second-order valence-electron chi connectivity index (χ2n) is 8.14. The maximum absolute atomic E-state index is 11.6. The zero-order valence-electron chi connectivity index (χ0n) is 20.4. The molecule has 0 saturated carbocycles. The van der Waals surface area contributed by atoms with Crippen molar-refractivity contribution < 1.29 is 14.4 Å². The molecule has 12 heteroatoms. The summed E-state index contributed by atoms with van der Waals surface area (Å²) in [6.45, 7) is 4.21. The molecule has 1 atom stereocenters. The molecule has 0 bridgehead atoms. The van der Waals surface area contributed by atoms with Gasteiger partial charge >= 0.3 is 0 Å². The number of aromatic nitrogens is 3. The predicted molar refractivity (Wildman–Crippen MR) is 150 cm³/mol. The standard InChI is InChI=1S/C26H23Cl3N4O4S/c1-3-36-20-8-6-19(7-9-20)33-16(2)30-31-26(33)38-25(14-32(34)35)18-5-11-24(23(29)13-18)37-15-17-4-10-21(27)22(28)12-17/h4-13,25H,3,14-15H2,1-2H3/t25-/m1/s1. The molecule has 0 aliphatic carbocycles. The summed E-state index contributed by atoms with van der Waals surface area (Å²) in [6.07, 6.45) is 0. The second-order valence-corrected chi connectivity index (χ2v) is 10.5. The van der Waals surface area contributed by atoms with Crippen molar-refractivity contribution in [1.29, 1.82) is 0 Å². The van der Waals surface area contributed by atoms with Crippen LogP contribution in [-0.2, 0) is 6.61 Å². The van der Waals surface area contributed by atoms with Crippen LogP contribution >= 0.6 is 46.6 Å². The van der Waals surface area contributed by atoms with E-state index in [0.29, 0.717) is 44.0 Å². The highest BCUT2D eigenvalue weighted by Crippen LogP contribution is 2.39. The Morgan fingerprint density at radius 3 is 2.39 bits per heavy atom. The molecule has 0 unspecified atom stereocenters. The first kappa shape index (κ1) is 28.0. The predicted octanol–water partition coefficient (Wildman–Crippen LogP) is 7.62. The molecular formula is C26H23Cl3N4O4S. The van der Waals surface area contributed by atoms with Crippen molar-refractivity contribution in [2.24, 2.45) is 0 Å². The molecule has 0 N–H and O–H groups in total. The molecule has 0 fully saturated rings. The Labute approximate surface area is 239 Å². The average Bonchev–Trinajstić information content (AvgIpc) is 3.25. The Kier molecular flexibility index (Phi) is 9.38. The van der Waals surface area contributed by atoms with Crippen molar-refractivity contribution >= 4 is 46.6 Å². The molecule has 0 amide bonds. The van der Waals surface area contributed by atoms with Crippen molar-refractivity contribution in [2.45, 2.75) is 30.9 Å². The summed E-state index contributed by atoms with van der Waals surface area (Å²) in [6, 6.07) is 17.9. The van der Waals surface area contributed by atoms with Gasteiger partial charge < -0.3 is 9.47 Å². The molecule has 0 spiro atoms. The topological polar surface area (TPSA) is 92.3 Å². The van der Waals surface area contributed by atoms with Crippen molar-refractivity contribution in [1.82, 2.24) is 14.8 Å². The highest BCUT2D eigenvalue weighted by atomic mass is 35.5. The molecule has 0 aliphatic rings. The molecule has 3 aromatic carbocycles. The van der Waals surface area contributed by atoms with Gasteiger partial charge in [0.1, 0.15) is 29.2 Å². The first-order valence-electron chi connectivity index (χ1n) is 11.5. The fourth-order valence-electron chi connectivity index (χ4n) is 3.67. The molecule has 198 valence electrons. The van der Waals surface area contributed by atoms with Crippen LogP contribution in [0.15, 0.2) is 65.8 Å². The third-order valence-corrected chi connectivity index (χ3v) is 7.68. The normalized spacial score (nSPS) is 11.8. The van der Waals surface area contributed by atoms with Gasteiger partial charge in [-0.05, 0) is 73.5 Å². The molecule has 4 aromatic rings. The van der Waals surface area contributed by atoms with Crippen LogP contribution in [0.2, 0.25) is 15.1 Å². The molecule has 38 heavy (non-hydrogen) atoms. The van der Waals surface area contributed by atoms with Crippen LogP contribution in [0.4, 0.5) is 0 Å². The van der Waals surface area contributed by atoms with E-state index in [2.05, 4.69) is 10.2 Å². The molecular weight excluding hydrogens is 571 g/mol. The fraction of sp³-hybridized carbons (Fsp3) is 0.231. The molecule has 0 aliphatic heterocycles. The number of halogens is 3. The largest absolute Gasteiger partial charge is 0.494 e. The average molecular weight is 594 g/mol. The van der Waals surface area contributed by atoms with E-state index in [1.807, 2.05) is 48.7 Å². The number of thioether (sulfide) groups is 1. The lowest BCUT2D eigenvalue weighted by molar-refractivity contribution is -0.479. The molecule has 8 nitrogen and oxygen atoms in total. The molecule has 4 rings (SSSR count). The van der Waals surface area contributed by atoms with E-state index in [9.17, 15) is 10.1 Å². The van der Waals surface area contributed by atoms with Gasteiger partial charge in [-0.15, -0.1) is 10.2 Å². The maximum Gasteiger partial charge on any atom is 0.220 e. The third kappa shape index (κ3) is 6.91. The minimum Gasteiger partial charge on any atom is -0.494 e. The Bertz CT molecular complexity index is 1430. The van der Waals surface area contributed by atoms with Crippen molar-refractivity contribution in [2.75, 3.05) is 13.2 Å². The molecule has 1 heterocycles. The zero-order chi connectivity index (χ0) is 27.2. The second kappa shape index (κ2) is 12.7. The number of rotatable bonds is 11. The Morgan fingerprint density at radius 2 is 1.74 bits per heavy atom. The Hall–Kier alpha value is -2.98. The highest BCUT2D eigenvalue weighted by molar-refractivity contribution is 7.99. The van der Waals surface area contributed by atoms with E-state index in [4.69, 9.17) is 44.3 Å². The van der Waals surface area contributed by atoms with E-state index in [-0.39, 0.29) is 18.1 Å². The number of nitro groups is 1. The van der Waals surface area contributed by atoms with Gasteiger partial charge in [0.2, 0.25) is 6.54 Å². The van der Waals surface area contributed by atoms with E-state index in [1.165, 1.54) is 11.8 Å².